The van der Waals surface area contributed by atoms with Crippen molar-refractivity contribution < 1.29 is 9.53 Å². The number of Topliss-reactive ketones (excluding diaryl/α,β-unsaturated/α-hetero) is 1. The molecule has 0 saturated heterocycles. The van der Waals surface area contributed by atoms with Gasteiger partial charge >= 0.3 is 0 Å². The van der Waals surface area contributed by atoms with Gasteiger partial charge in [-0.25, -0.2) is 0 Å². The van der Waals surface area contributed by atoms with E-state index in [4.69, 9.17) is 16.3 Å². The van der Waals surface area contributed by atoms with Gasteiger partial charge in [0.15, 0.2) is 5.78 Å². The van der Waals surface area contributed by atoms with Gasteiger partial charge in [-0.3, -0.25) is 4.79 Å². The molecule has 0 spiro atoms. The van der Waals surface area contributed by atoms with E-state index < -0.39 is 0 Å². The number of carbonyl (C=O) groups is 1. The van der Waals surface area contributed by atoms with E-state index in [1.54, 1.807) is 0 Å². The predicted octanol–water partition coefficient (Wildman–Crippen LogP) is 2.57. The molecule has 0 bridgehead atoms. The molecule has 1 rings (SSSR count). The molecule has 0 aliphatic carbocycles. The molecule has 0 aliphatic heterocycles. The van der Waals surface area contributed by atoms with Crippen LogP contribution in [0.2, 0.25) is 0 Å². The van der Waals surface area contributed by atoms with Gasteiger partial charge in [0.05, 0.1) is 12.5 Å². The normalized spacial score (nSPS) is 9.86. The maximum absolute atomic E-state index is 10.8. The van der Waals surface area contributed by atoms with Gasteiger partial charge in [0, 0.05) is 6.42 Å². The van der Waals surface area contributed by atoms with Gasteiger partial charge in [0.1, 0.15) is 5.75 Å². The molecule has 0 amide bonds. The molecule has 0 saturated carbocycles. The van der Waals surface area contributed by atoms with Gasteiger partial charge in [-0.05, 0) is 19.1 Å². The smallest absolute Gasteiger partial charge is 0.150 e. The van der Waals surface area contributed by atoms with Crippen LogP contribution in [0.4, 0.5) is 0 Å². The molecule has 0 unspecified atom stereocenters. The first kappa shape index (κ1) is 11.1. The summed E-state index contributed by atoms with van der Waals surface area (Å²) < 4.78 is 5.35. The molecule has 76 valence electrons. The van der Waals surface area contributed by atoms with E-state index in [0.717, 1.165) is 5.75 Å². The second kappa shape index (κ2) is 5.66. The van der Waals surface area contributed by atoms with Gasteiger partial charge in [-0.15, -0.1) is 11.6 Å². The monoisotopic (exact) mass is 212 g/mol. The lowest BCUT2D eigenvalue weighted by Crippen LogP contribution is -2.06. The van der Waals surface area contributed by atoms with E-state index in [9.17, 15) is 4.79 Å². The van der Waals surface area contributed by atoms with Crippen LogP contribution < -0.4 is 4.74 Å². The molecule has 0 aromatic heterocycles. The average molecular weight is 213 g/mol. The van der Waals surface area contributed by atoms with Crippen LogP contribution in [0.5, 0.6) is 5.75 Å². The third-order valence-corrected chi connectivity index (χ3v) is 2.12. The Morgan fingerprint density at radius 2 is 2.00 bits per heavy atom. The number of halogens is 1. The third kappa shape index (κ3) is 3.79. The van der Waals surface area contributed by atoms with Crippen molar-refractivity contribution in [1.82, 2.24) is 0 Å². The molecule has 1 aromatic carbocycles. The Hall–Kier alpha value is -1.02. The van der Waals surface area contributed by atoms with E-state index in [0.29, 0.717) is 13.0 Å². The van der Waals surface area contributed by atoms with Gasteiger partial charge < -0.3 is 4.74 Å². The average Bonchev–Trinajstić information content (AvgIpc) is 2.21. The zero-order valence-electron chi connectivity index (χ0n) is 8.13. The first-order valence-corrected chi connectivity index (χ1v) is 5.03. The van der Waals surface area contributed by atoms with E-state index in [1.165, 1.54) is 5.56 Å². The molecule has 0 atom stereocenters. The van der Waals surface area contributed by atoms with Crippen molar-refractivity contribution in [3.05, 3.63) is 29.8 Å². The highest BCUT2D eigenvalue weighted by atomic mass is 35.5. The zero-order valence-corrected chi connectivity index (χ0v) is 8.88. The Labute approximate surface area is 88.8 Å². The highest BCUT2D eigenvalue weighted by Gasteiger charge is 1.99. The number of hydrogen-bond acceptors (Lipinski definition) is 2. The van der Waals surface area contributed by atoms with E-state index >= 15 is 0 Å². The number of benzene rings is 1. The summed E-state index contributed by atoms with van der Waals surface area (Å²) in [5.74, 6) is 0.869. The number of ether oxygens (including phenoxy) is 1. The van der Waals surface area contributed by atoms with E-state index in [1.807, 2.05) is 31.2 Å². The summed E-state index contributed by atoms with van der Waals surface area (Å²) in [5, 5.41) is 0. The Balaban J connectivity index is 2.31. The lowest BCUT2D eigenvalue weighted by molar-refractivity contribution is -0.117. The molecule has 14 heavy (non-hydrogen) atoms. The van der Waals surface area contributed by atoms with Crippen LogP contribution in [0.15, 0.2) is 24.3 Å². The quantitative estimate of drug-likeness (QED) is 0.702. The summed E-state index contributed by atoms with van der Waals surface area (Å²) in [6.45, 7) is 2.41. The molecule has 0 radical (unpaired) electrons. The van der Waals surface area contributed by atoms with Crippen molar-refractivity contribution in [2.75, 3.05) is 12.5 Å². The minimum absolute atomic E-state index is 0.0128. The van der Waals surface area contributed by atoms with Crippen LogP contribution >= 0.6 is 11.6 Å². The van der Waals surface area contributed by atoms with Gasteiger partial charge in [-0.1, -0.05) is 17.7 Å². The van der Waals surface area contributed by atoms with Crippen LogP contribution in [0.25, 0.3) is 0 Å². The van der Waals surface area contributed by atoms with Gasteiger partial charge in [-0.2, -0.15) is 0 Å². The largest absolute Gasteiger partial charge is 0.493 e. The number of hydrogen-bond donors (Lipinski definition) is 0. The number of alkyl halides is 1. The molecule has 2 nitrogen and oxygen atoms in total. The van der Waals surface area contributed by atoms with Crippen molar-refractivity contribution in [2.24, 2.45) is 0 Å². The highest BCUT2D eigenvalue weighted by molar-refractivity contribution is 6.27. The first-order valence-electron chi connectivity index (χ1n) is 4.49. The zero-order chi connectivity index (χ0) is 10.4. The second-order valence-corrected chi connectivity index (χ2v) is 3.35. The van der Waals surface area contributed by atoms with Crippen LogP contribution in [-0.4, -0.2) is 18.3 Å². The lowest BCUT2D eigenvalue weighted by atomic mass is 10.2. The van der Waals surface area contributed by atoms with Crippen LogP contribution in [0.1, 0.15) is 12.0 Å². The minimum atomic E-state index is 0.0128. The van der Waals surface area contributed by atoms with Gasteiger partial charge in [0.2, 0.25) is 0 Å². The summed E-state index contributed by atoms with van der Waals surface area (Å²) in [5.41, 5.74) is 1.19. The Morgan fingerprint density at radius 3 is 2.57 bits per heavy atom. The summed E-state index contributed by atoms with van der Waals surface area (Å²) in [6, 6.07) is 7.72. The standard InChI is InChI=1S/C11H13ClO2/c1-9-2-4-11(5-3-9)14-7-6-10(13)8-12/h2-5H,6-8H2,1H3. The van der Waals surface area contributed by atoms with E-state index in [-0.39, 0.29) is 11.7 Å². The molecule has 1 aromatic rings. The summed E-state index contributed by atoms with van der Waals surface area (Å²) >= 11 is 5.35. The summed E-state index contributed by atoms with van der Waals surface area (Å²) in [4.78, 5) is 10.8. The fourth-order valence-electron chi connectivity index (χ4n) is 0.984. The minimum Gasteiger partial charge on any atom is -0.493 e. The molecule has 0 fully saturated rings. The second-order valence-electron chi connectivity index (χ2n) is 3.08. The van der Waals surface area contributed by atoms with Crippen molar-refractivity contribution in [1.29, 1.82) is 0 Å². The fraction of sp³-hybridized carbons (Fsp3) is 0.364. The molecule has 0 N–H and O–H groups in total. The topological polar surface area (TPSA) is 26.3 Å². The molecular formula is C11H13ClO2. The summed E-state index contributed by atoms with van der Waals surface area (Å²) in [7, 11) is 0. The van der Waals surface area contributed by atoms with Crippen LogP contribution in [0, 0.1) is 6.92 Å². The molecular weight excluding hydrogens is 200 g/mol. The summed E-state index contributed by atoms with van der Waals surface area (Å²) in [6.07, 6.45) is 0.372. The van der Waals surface area contributed by atoms with Crippen LogP contribution in [-0.2, 0) is 4.79 Å². The fourth-order valence-corrected chi connectivity index (χ4v) is 1.12. The Kier molecular flexibility index (Phi) is 4.47. The van der Waals surface area contributed by atoms with Crippen molar-refractivity contribution in [2.45, 2.75) is 13.3 Å². The number of aryl methyl sites for hydroxylation is 1. The lowest BCUT2D eigenvalue weighted by Gasteiger charge is -2.04. The van der Waals surface area contributed by atoms with Crippen molar-refractivity contribution in [3.8, 4) is 5.75 Å². The maximum atomic E-state index is 10.8. The first-order chi connectivity index (χ1) is 6.72. The highest BCUT2D eigenvalue weighted by Crippen LogP contribution is 2.11. The van der Waals surface area contributed by atoms with Crippen molar-refractivity contribution in [3.63, 3.8) is 0 Å². The Bertz CT molecular complexity index is 293. The Morgan fingerprint density at radius 1 is 1.36 bits per heavy atom. The third-order valence-electron chi connectivity index (χ3n) is 1.82. The number of ketones is 1. The predicted molar refractivity (Wildman–Crippen MR) is 57.0 cm³/mol. The van der Waals surface area contributed by atoms with Gasteiger partial charge in [0.25, 0.3) is 0 Å². The van der Waals surface area contributed by atoms with E-state index in [2.05, 4.69) is 0 Å². The van der Waals surface area contributed by atoms with Crippen LogP contribution in [0.3, 0.4) is 0 Å². The number of carbonyl (C=O) groups excluding carboxylic acids is 1. The maximum Gasteiger partial charge on any atom is 0.150 e. The molecule has 0 aliphatic rings. The van der Waals surface area contributed by atoms with Crippen molar-refractivity contribution >= 4 is 17.4 Å². The SMILES string of the molecule is Cc1ccc(OCCC(=O)CCl)cc1. The molecule has 3 heteroatoms. The number of rotatable bonds is 5. The molecule has 0 heterocycles.